The van der Waals surface area contributed by atoms with Gasteiger partial charge in [-0.2, -0.15) is 8.42 Å². The summed E-state index contributed by atoms with van der Waals surface area (Å²) < 4.78 is 47.6. The highest BCUT2D eigenvalue weighted by molar-refractivity contribution is 7.80. The molecule has 0 spiro atoms. The molecule has 57 heavy (non-hydrogen) atoms. The van der Waals surface area contributed by atoms with Crippen LogP contribution < -0.4 is 5.32 Å². The van der Waals surface area contributed by atoms with Crippen molar-refractivity contribution in [1.29, 1.82) is 0 Å². The van der Waals surface area contributed by atoms with Gasteiger partial charge in [-0.15, -0.1) is 0 Å². The summed E-state index contributed by atoms with van der Waals surface area (Å²) in [5, 5.41) is 44.8. The second-order valence-electron chi connectivity index (χ2n) is 16.3. The molecule has 7 unspecified atom stereocenters. The van der Waals surface area contributed by atoms with Crippen LogP contribution in [0.2, 0.25) is 0 Å². The van der Waals surface area contributed by atoms with Gasteiger partial charge in [-0.3, -0.25) is 9.35 Å². The average molecular weight is 836 g/mol. The van der Waals surface area contributed by atoms with E-state index in [1.54, 1.807) is 0 Å². The highest BCUT2D eigenvalue weighted by Crippen LogP contribution is 2.26. The Balaban J connectivity index is 2.51. The highest BCUT2D eigenvalue weighted by atomic mass is 32.3. The normalized spacial score (nSPS) is 21.3. The Morgan fingerprint density at radius 2 is 1.12 bits per heavy atom. The van der Waals surface area contributed by atoms with Crippen molar-refractivity contribution in [3.05, 3.63) is 12.2 Å². The van der Waals surface area contributed by atoms with Crippen LogP contribution >= 0.6 is 0 Å². The van der Waals surface area contributed by atoms with Crippen LogP contribution in [0.5, 0.6) is 0 Å². The van der Waals surface area contributed by atoms with Gasteiger partial charge in [-0.25, -0.2) is 4.18 Å². The molecule has 7 atom stereocenters. The van der Waals surface area contributed by atoms with Crippen molar-refractivity contribution in [1.82, 2.24) is 5.32 Å². The third-order valence-electron chi connectivity index (χ3n) is 11.1. The van der Waals surface area contributed by atoms with Crippen molar-refractivity contribution >= 4 is 16.3 Å². The number of aliphatic hydroxyl groups excluding tert-OH is 4. The summed E-state index contributed by atoms with van der Waals surface area (Å²) in [5.74, 6) is -0.245. The molecule has 1 amide bonds. The van der Waals surface area contributed by atoms with E-state index in [1.165, 1.54) is 122 Å². The third-order valence-corrected chi connectivity index (χ3v) is 11.5. The number of unbranched alkanes of at least 4 members (excludes halogenated alkanes) is 25. The summed E-state index contributed by atoms with van der Waals surface area (Å²) in [6, 6.07) is -0.861. The Hall–Kier alpha value is -1.16. The summed E-state index contributed by atoms with van der Waals surface area (Å²) in [6.45, 7) is 3.43. The van der Waals surface area contributed by atoms with Crippen LogP contribution in [-0.4, -0.2) is 95.4 Å². The topological polar surface area (TPSA) is 192 Å². The van der Waals surface area contributed by atoms with Crippen molar-refractivity contribution in [2.75, 3.05) is 13.2 Å². The zero-order valence-corrected chi connectivity index (χ0v) is 36.7. The van der Waals surface area contributed by atoms with Crippen molar-refractivity contribution in [2.45, 2.75) is 249 Å². The molecule has 12 nitrogen and oxygen atoms in total. The SMILES string of the molecule is CCCCCCCC/C=C\CCCCCC(=O)NC(COC1OC(CO)C(O)C(OS(=O)(=O)O)C1O)C(O)CCCCCCCCCCCCCCCCCCC. The maximum atomic E-state index is 13.0. The lowest BCUT2D eigenvalue weighted by Gasteiger charge is -2.41. The number of carbonyl (C=O) groups excluding carboxylic acids is 1. The molecule has 1 rings (SSSR count). The molecule has 0 aromatic carbocycles. The van der Waals surface area contributed by atoms with Gasteiger partial charge in [0, 0.05) is 6.42 Å². The Kier molecular flexibility index (Phi) is 33.6. The van der Waals surface area contributed by atoms with E-state index in [0.717, 1.165) is 51.4 Å². The van der Waals surface area contributed by atoms with E-state index in [-0.39, 0.29) is 18.9 Å². The van der Waals surface area contributed by atoms with Crippen LogP contribution in [0, 0.1) is 0 Å². The van der Waals surface area contributed by atoms with Crippen LogP contribution in [0.25, 0.3) is 0 Å². The maximum Gasteiger partial charge on any atom is 0.397 e. The van der Waals surface area contributed by atoms with E-state index in [9.17, 15) is 38.2 Å². The van der Waals surface area contributed by atoms with Gasteiger partial charge in [0.25, 0.3) is 0 Å². The fraction of sp³-hybridized carbons (Fsp3) is 0.932. The third kappa shape index (κ3) is 28.9. The largest absolute Gasteiger partial charge is 0.397 e. The van der Waals surface area contributed by atoms with E-state index in [4.69, 9.17) is 9.47 Å². The molecule has 1 aliphatic heterocycles. The van der Waals surface area contributed by atoms with E-state index in [1.807, 2.05) is 0 Å². The van der Waals surface area contributed by atoms with Crippen LogP contribution in [0.3, 0.4) is 0 Å². The molecule has 1 heterocycles. The molecule has 13 heteroatoms. The van der Waals surface area contributed by atoms with Crippen molar-refractivity contribution in [2.24, 2.45) is 0 Å². The summed E-state index contributed by atoms with van der Waals surface area (Å²) in [4.78, 5) is 13.0. The number of nitrogens with one attached hydrogen (secondary N) is 1. The molecule has 0 radical (unpaired) electrons. The molecule has 6 N–H and O–H groups in total. The monoisotopic (exact) mass is 836 g/mol. The van der Waals surface area contributed by atoms with E-state index in [0.29, 0.717) is 12.8 Å². The number of hydrogen-bond acceptors (Lipinski definition) is 10. The maximum absolute atomic E-state index is 13.0. The first-order valence-electron chi connectivity index (χ1n) is 23.1. The summed E-state index contributed by atoms with van der Waals surface area (Å²) >= 11 is 0. The van der Waals surface area contributed by atoms with Gasteiger partial charge in [0.05, 0.1) is 25.4 Å². The van der Waals surface area contributed by atoms with E-state index in [2.05, 4.69) is 35.5 Å². The van der Waals surface area contributed by atoms with Gasteiger partial charge in [-0.05, 0) is 38.5 Å². The van der Waals surface area contributed by atoms with Crippen molar-refractivity contribution in [3.63, 3.8) is 0 Å². The lowest BCUT2D eigenvalue weighted by Crippen LogP contribution is -2.61. The number of amides is 1. The standard InChI is InChI=1S/C44H85NO11S/c1-3-5-7-9-11-13-15-17-18-19-20-22-23-25-27-29-31-33-38(47)37(36-54-44-42(50)43(56-57(51,52)53)41(49)39(35-46)55-44)45-40(48)34-32-30-28-26-24-21-16-14-12-10-8-6-4-2/h21,24,37-39,41-44,46-47,49-50H,3-20,22-23,25-36H2,1-2H3,(H,45,48)(H,51,52,53)/b24-21-. The summed E-state index contributed by atoms with van der Waals surface area (Å²) in [5.41, 5.74) is 0. The van der Waals surface area contributed by atoms with Crippen molar-refractivity contribution < 1.29 is 51.8 Å². The number of hydrogen-bond donors (Lipinski definition) is 6. The predicted molar refractivity (Wildman–Crippen MR) is 227 cm³/mol. The molecule has 0 saturated carbocycles. The van der Waals surface area contributed by atoms with Crippen LogP contribution in [-0.2, 0) is 28.9 Å². The van der Waals surface area contributed by atoms with Gasteiger partial charge in [0.15, 0.2) is 6.29 Å². The smallest absolute Gasteiger partial charge is 0.394 e. The van der Waals surface area contributed by atoms with Gasteiger partial charge in [0.2, 0.25) is 5.91 Å². The van der Waals surface area contributed by atoms with Gasteiger partial charge >= 0.3 is 10.4 Å². The summed E-state index contributed by atoms with van der Waals surface area (Å²) in [6.07, 6.45) is 29.3. The molecule has 0 aromatic rings. The summed E-state index contributed by atoms with van der Waals surface area (Å²) in [7, 11) is -5.07. The Morgan fingerprint density at radius 1 is 0.684 bits per heavy atom. The quantitative estimate of drug-likeness (QED) is 0.0197. The van der Waals surface area contributed by atoms with Crippen molar-refractivity contribution in [3.8, 4) is 0 Å². The number of rotatable bonds is 39. The zero-order valence-electron chi connectivity index (χ0n) is 35.9. The molecule has 1 aliphatic rings. The van der Waals surface area contributed by atoms with Crippen LogP contribution in [0.1, 0.15) is 206 Å². The predicted octanol–water partition coefficient (Wildman–Crippen LogP) is 8.77. The second-order valence-corrected chi connectivity index (χ2v) is 17.4. The van der Waals surface area contributed by atoms with Gasteiger partial charge in [-0.1, -0.05) is 174 Å². The lowest BCUT2D eigenvalue weighted by molar-refractivity contribution is -0.298. The Morgan fingerprint density at radius 3 is 1.58 bits per heavy atom. The van der Waals surface area contributed by atoms with Crippen LogP contribution in [0.15, 0.2) is 12.2 Å². The molecule has 0 bridgehead atoms. The lowest BCUT2D eigenvalue weighted by atomic mass is 9.99. The first-order chi connectivity index (χ1) is 27.5. The minimum Gasteiger partial charge on any atom is -0.394 e. The van der Waals surface area contributed by atoms with Gasteiger partial charge in [0.1, 0.15) is 24.4 Å². The van der Waals surface area contributed by atoms with E-state index < -0.39 is 59.9 Å². The molecule has 0 aliphatic carbocycles. The highest BCUT2D eigenvalue weighted by Gasteiger charge is 2.48. The first-order valence-corrected chi connectivity index (χ1v) is 24.4. The Bertz CT molecular complexity index is 1080. The molecule has 1 saturated heterocycles. The second kappa shape index (κ2) is 35.6. The molecule has 1 fully saturated rings. The Labute approximate surface area is 347 Å². The fourth-order valence-electron chi connectivity index (χ4n) is 7.45. The first kappa shape index (κ1) is 53.9. The van der Waals surface area contributed by atoms with Gasteiger partial charge < -0.3 is 35.2 Å². The fourth-order valence-corrected chi connectivity index (χ4v) is 7.96. The minimum absolute atomic E-state index is 0.245. The number of ether oxygens (including phenoxy) is 2. The minimum atomic E-state index is -5.07. The molecule has 338 valence electrons. The van der Waals surface area contributed by atoms with E-state index >= 15 is 0 Å². The van der Waals surface area contributed by atoms with Crippen LogP contribution in [0.4, 0.5) is 0 Å². The molecular formula is C44H85NO11S. The molecular weight excluding hydrogens is 751 g/mol. The number of carbonyl (C=O) groups is 1. The number of aliphatic hydroxyl groups is 4. The average Bonchev–Trinajstić information content (AvgIpc) is 3.18. The molecule has 0 aromatic heterocycles. The number of allylic oxidation sites excluding steroid dienone is 2. The zero-order chi connectivity index (χ0) is 42.0.